The Kier molecular flexibility index (Phi) is 9.33. The Hall–Kier alpha value is -1.10. The zero-order valence-corrected chi connectivity index (χ0v) is 14.9. The van der Waals surface area contributed by atoms with Gasteiger partial charge < -0.3 is 15.8 Å². The molecule has 0 aliphatic heterocycles. The lowest BCUT2D eigenvalue weighted by molar-refractivity contribution is -0.124. The Balaban J connectivity index is 0.00000441. The molecule has 2 atom stereocenters. The van der Waals surface area contributed by atoms with Gasteiger partial charge in [-0.05, 0) is 23.0 Å². The minimum absolute atomic E-state index is 0. The number of methoxy groups -OCH3 is 1. The molecule has 1 aromatic carbocycles. The number of carbonyl (C=O) groups excluding carboxylic acids is 1. The van der Waals surface area contributed by atoms with E-state index in [1.54, 1.807) is 0 Å². The molecule has 5 heteroatoms. The Labute approximate surface area is 140 Å². The highest BCUT2D eigenvalue weighted by Gasteiger charge is 2.21. The zero-order chi connectivity index (χ0) is 16.0. The van der Waals surface area contributed by atoms with Gasteiger partial charge in [0.2, 0.25) is 5.91 Å². The Morgan fingerprint density at radius 1 is 1.14 bits per heavy atom. The van der Waals surface area contributed by atoms with E-state index in [0.29, 0.717) is 5.92 Å². The van der Waals surface area contributed by atoms with Gasteiger partial charge in [0.1, 0.15) is 6.04 Å². The molecule has 0 radical (unpaired) electrons. The molecule has 126 valence electrons. The summed E-state index contributed by atoms with van der Waals surface area (Å²) in [5.41, 5.74) is 8.18. The SMILES string of the molecule is COCC(N)C(=O)NC(c1ccc(C(C)C)cc1)C(C)C.Cl. The number of halogens is 1. The standard InChI is InChI=1S/C17H28N2O2.ClH/c1-11(2)13-6-8-14(9-7-13)16(12(3)4)19-17(20)15(18)10-21-5;/h6-9,11-12,15-16H,10,18H2,1-5H3,(H,19,20);1H. The molecule has 0 saturated carbocycles. The highest BCUT2D eigenvalue weighted by Crippen LogP contribution is 2.24. The number of hydrogen-bond donors (Lipinski definition) is 2. The van der Waals surface area contributed by atoms with Crippen molar-refractivity contribution in [3.63, 3.8) is 0 Å². The third-order valence-electron chi connectivity index (χ3n) is 3.61. The summed E-state index contributed by atoms with van der Waals surface area (Å²) in [5, 5.41) is 3.02. The molecular weight excluding hydrogens is 300 g/mol. The van der Waals surface area contributed by atoms with Crippen LogP contribution < -0.4 is 11.1 Å². The maximum absolute atomic E-state index is 12.1. The largest absolute Gasteiger partial charge is 0.383 e. The fourth-order valence-electron chi connectivity index (χ4n) is 2.24. The highest BCUT2D eigenvalue weighted by molar-refractivity contribution is 5.85. The molecule has 0 aromatic heterocycles. The summed E-state index contributed by atoms with van der Waals surface area (Å²) >= 11 is 0. The number of ether oxygens (including phenoxy) is 1. The molecule has 22 heavy (non-hydrogen) atoms. The van der Waals surface area contributed by atoms with Gasteiger partial charge in [-0.1, -0.05) is 52.0 Å². The third-order valence-corrected chi connectivity index (χ3v) is 3.61. The van der Waals surface area contributed by atoms with Crippen LogP contribution in [0.4, 0.5) is 0 Å². The van der Waals surface area contributed by atoms with Crippen molar-refractivity contribution in [1.82, 2.24) is 5.32 Å². The van der Waals surface area contributed by atoms with Crippen molar-refractivity contribution in [1.29, 1.82) is 0 Å². The predicted octanol–water partition coefficient (Wildman–Crippen LogP) is 3.02. The second-order valence-electron chi connectivity index (χ2n) is 6.11. The summed E-state index contributed by atoms with van der Waals surface area (Å²) in [5.74, 6) is 0.610. The van der Waals surface area contributed by atoms with Gasteiger partial charge in [-0.15, -0.1) is 12.4 Å². The Morgan fingerprint density at radius 3 is 2.05 bits per heavy atom. The Morgan fingerprint density at radius 2 is 1.64 bits per heavy atom. The maximum Gasteiger partial charge on any atom is 0.239 e. The Bertz CT molecular complexity index is 446. The quantitative estimate of drug-likeness (QED) is 0.808. The van der Waals surface area contributed by atoms with Crippen LogP contribution in [0.25, 0.3) is 0 Å². The van der Waals surface area contributed by atoms with Crippen LogP contribution >= 0.6 is 12.4 Å². The van der Waals surface area contributed by atoms with E-state index < -0.39 is 6.04 Å². The number of hydrogen-bond acceptors (Lipinski definition) is 3. The van der Waals surface area contributed by atoms with Gasteiger partial charge in [-0.2, -0.15) is 0 Å². The molecule has 0 saturated heterocycles. The second-order valence-corrected chi connectivity index (χ2v) is 6.11. The summed E-state index contributed by atoms with van der Waals surface area (Å²) in [6.45, 7) is 8.73. The number of rotatable bonds is 7. The minimum Gasteiger partial charge on any atom is -0.383 e. The van der Waals surface area contributed by atoms with E-state index in [4.69, 9.17) is 10.5 Å². The fraction of sp³-hybridized carbons (Fsp3) is 0.588. The zero-order valence-electron chi connectivity index (χ0n) is 14.1. The van der Waals surface area contributed by atoms with E-state index >= 15 is 0 Å². The minimum atomic E-state index is -0.633. The van der Waals surface area contributed by atoms with Crippen molar-refractivity contribution in [2.75, 3.05) is 13.7 Å². The lowest BCUT2D eigenvalue weighted by Gasteiger charge is -2.25. The van der Waals surface area contributed by atoms with Gasteiger partial charge in [0, 0.05) is 7.11 Å². The van der Waals surface area contributed by atoms with E-state index in [1.165, 1.54) is 12.7 Å². The van der Waals surface area contributed by atoms with Gasteiger partial charge in [0.15, 0.2) is 0 Å². The first-order chi connectivity index (χ1) is 9.86. The first-order valence-corrected chi connectivity index (χ1v) is 7.51. The van der Waals surface area contributed by atoms with Gasteiger partial charge >= 0.3 is 0 Å². The average Bonchev–Trinajstić information content (AvgIpc) is 2.44. The van der Waals surface area contributed by atoms with Crippen LogP contribution in [0.3, 0.4) is 0 Å². The van der Waals surface area contributed by atoms with Crippen LogP contribution in [-0.2, 0) is 9.53 Å². The van der Waals surface area contributed by atoms with Crippen LogP contribution in [0.2, 0.25) is 0 Å². The predicted molar refractivity (Wildman–Crippen MR) is 93.4 cm³/mol. The van der Waals surface area contributed by atoms with Crippen molar-refractivity contribution in [3.05, 3.63) is 35.4 Å². The van der Waals surface area contributed by atoms with Crippen molar-refractivity contribution < 1.29 is 9.53 Å². The van der Waals surface area contributed by atoms with Crippen molar-refractivity contribution in [2.45, 2.75) is 45.7 Å². The number of amides is 1. The summed E-state index contributed by atoms with van der Waals surface area (Å²) in [7, 11) is 1.54. The van der Waals surface area contributed by atoms with Crippen molar-refractivity contribution in [2.24, 2.45) is 11.7 Å². The second kappa shape index (κ2) is 9.82. The monoisotopic (exact) mass is 328 g/mol. The molecule has 1 rings (SSSR count). The molecule has 0 spiro atoms. The highest BCUT2D eigenvalue weighted by atomic mass is 35.5. The third kappa shape index (κ3) is 5.95. The smallest absolute Gasteiger partial charge is 0.239 e. The average molecular weight is 329 g/mol. The van der Waals surface area contributed by atoms with Crippen LogP contribution in [0.15, 0.2) is 24.3 Å². The van der Waals surface area contributed by atoms with Crippen LogP contribution in [0, 0.1) is 5.92 Å². The van der Waals surface area contributed by atoms with Gasteiger partial charge in [-0.25, -0.2) is 0 Å². The number of carbonyl (C=O) groups is 1. The maximum atomic E-state index is 12.1. The van der Waals surface area contributed by atoms with Crippen LogP contribution in [0.1, 0.15) is 50.8 Å². The topological polar surface area (TPSA) is 64.3 Å². The van der Waals surface area contributed by atoms with Crippen molar-refractivity contribution >= 4 is 18.3 Å². The van der Waals surface area contributed by atoms with Crippen molar-refractivity contribution in [3.8, 4) is 0 Å². The lowest BCUT2D eigenvalue weighted by atomic mass is 9.93. The van der Waals surface area contributed by atoms with Gasteiger partial charge in [0.05, 0.1) is 12.6 Å². The molecule has 0 fully saturated rings. The van der Waals surface area contributed by atoms with E-state index in [1.807, 2.05) is 0 Å². The van der Waals surface area contributed by atoms with E-state index in [-0.39, 0.29) is 36.9 Å². The van der Waals surface area contributed by atoms with E-state index in [9.17, 15) is 4.79 Å². The van der Waals surface area contributed by atoms with Crippen LogP contribution in [0.5, 0.6) is 0 Å². The molecule has 0 heterocycles. The molecule has 4 nitrogen and oxygen atoms in total. The number of nitrogens with one attached hydrogen (secondary N) is 1. The first-order valence-electron chi connectivity index (χ1n) is 7.51. The number of nitrogens with two attached hydrogens (primary N) is 1. The summed E-state index contributed by atoms with van der Waals surface area (Å²) in [6, 6.07) is 7.74. The fourth-order valence-corrected chi connectivity index (χ4v) is 2.24. The molecule has 0 aliphatic rings. The normalized spacial score (nSPS) is 13.6. The van der Waals surface area contributed by atoms with E-state index in [0.717, 1.165) is 5.56 Å². The molecule has 3 N–H and O–H groups in total. The molecule has 0 bridgehead atoms. The molecule has 0 aliphatic carbocycles. The number of benzene rings is 1. The summed E-state index contributed by atoms with van der Waals surface area (Å²) in [6.07, 6.45) is 0. The first kappa shape index (κ1) is 20.9. The molecule has 2 unspecified atom stereocenters. The molecule has 1 amide bonds. The van der Waals surface area contributed by atoms with Gasteiger partial charge in [0.25, 0.3) is 0 Å². The van der Waals surface area contributed by atoms with Gasteiger partial charge in [-0.3, -0.25) is 4.79 Å². The summed E-state index contributed by atoms with van der Waals surface area (Å²) in [4.78, 5) is 12.1. The van der Waals surface area contributed by atoms with Crippen LogP contribution in [-0.4, -0.2) is 25.7 Å². The van der Waals surface area contributed by atoms with E-state index in [2.05, 4.69) is 57.3 Å². The summed E-state index contributed by atoms with van der Waals surface area (Å²) < 4.78 is 4.93. The lowest BCUT2D eigenvalue weighted by Crippen LogP contribution is -2.45. The molecular formula is C17H29ClN2O2. The molecule has 1 aromatic rings.